The number of aromatic amines is 1. The molecule has 1 aliphatic rings. The van der Waals surface area contributed by atoms with Gasteiger partial charge in [-0.25, -0.2) is 4.98 Å². The Hall–Kier alpha value is -3.52. The largest absolute Gasteiger partial charge is 0.356 e. The molecule has 1 aliphatic heterocycles. The first-order chi connectivity index (χ1) is 15.5. The van der Waals surface area contributed by atoms with Crippen molar-refractivity contribution in [1.29, 1.82) is 0 Å². The lowest BCUT2D eigenvalue weighted by molar-refractivity contribution is 0.0787. The van der Waals surface area contributed by atoms with Gasteiger partial charge < -0.3 is 9.88 Å². The fourth-order valence-electron chi connectivity index (χ4n) is 4.15. The zero-order valence-electron chi connectivity index (χ0n) is 17.6. The summed E-state index contributed by atoms with van der Waals surface area (Å²) in [6.07, 6.45) is 4.97. The van der Waals surface area contributed by atoms with Crippen molar-refractivity contribution in [3.8, 4) is 10.4 Å². The molecule has 1 amide bonds. The number of H-pyrrole nitrogens is 1. The lowest BCUT2D eigenvalue weighted by Gasteiger charge is -2.13. The van der Waals surface area contributed by atoms with E-state index in [0.717, 1.165) is 41.9 Å². The van der Waals surface area contributed by atoms with Crippen molar-refractivity contribution < 1.29 is 9.59 Å². The van der Waals surface area contributed by atoms with Crippen LogP contribution in [-0.2, 0) is 6.54 Å². The number of nitrogens with one attached hydrogen (secondary N) is 1. The van der Waals surface area contributed by atoms with Crippen molar-refractivity contribution in [1.82, 2.24) is 19.4 Å². The fraction of sp³-hybridized carbons (Fsp3) is 0.250. The minimum Gasteiger partial charge on any atom is -0.356 e. The van der Waals surface area contributed by atoms with Gasteiger partial charge in [0.15, 0.2) is 5.78 Å². The van der Waals surface area contributed by atoms with Gasteiger partial charge in [0.2, 0.25) is 0 Å². The summed E-state index contributed by atoms with van der Waals surface area (Å²) < 4.78 is 1.34. The number of carbonyl (C=O) groups excluding carboxylic acids is 2. The molecule has 32 heavy (non-hydrogen) atoms. The monoisotopic (exact) mass is 446 g/mol. The highest BCUT2D eigenvalue weighted by Crippen LogP contribution is 2.35. The van der Waals surface area contributed by atoms with E-state index >= 15 is 0 Å². The molecule has 8 heteroatoms. The summed E-state index contributed by atoms with van der Waals surface area (Å²) >= 11 is 1.48. The molecule has 0 saturated carbocycles. The second-order valence-electron chi connectivity index (χ2n) is 8.00. The lowest BCUT2D eigenvalue weighted by atomic mass is 10.1. The van der Waals surface area contributed by atoms with Gasteiger partial charge in [0.25, 0.3) is 11.5 Å². The van der Waals surface area contributed by atoms with E-state index in [1.165, 1.54) is 28.4 Å². The number of rotatable bonds is 5. The van der Waals surface area contributed by atoms with E-state index in [2.05, 4.69) is 9.97 Å². The van der Waals surface area contributed by atoms with E-state index in [-0.39, 0.29) is 23.8 Å². The first-order valence-electron chi connectivity index (χ1n) is 10.6. The van der Waals surface area contributed by atoms with Crippen molar-refractivity contribution in [2.24, 2.45) is 0 Å². The molecule has 1 N–H and O–H groups in total. The number of likely N-dealkylation sites (tertiary alicyclic amines) is 1. The molecule has 4 aromatic rings. The number of thiophene rings is 1. The quantitative estimate of drug-likeness (QED) is 0.471. The summed E-state index contributed by atoms with van der Waals surface area (Å²) in [5, 5.41) is 0.545. The number of Topliss-reactive ketones (excluding diaryl/α,β-unsaturated/α-hetero) is 1. The molecule has 5 rings (SSSR count). The van der Waals surface area contributed by atoms with Gasteiger partial charge in [-0.3, -0.25) is 19.0 Å². The Balaban J connectivity index is 1.41. The van der Waals surface area contributed by atoms with Crippen molar-refractivity contribution in [2.75, 3.05) is 13.1 Å². The maximum atomic E-state index is 13.2. The second-order valence-corrected chi connectivity index (χ2v) is 9.00. The van der Waals surface area contributed by atoms with Gasteiger partial charge in [-0.2, -0.15) is 0 Å². The molecule has 1 saturated heterocycles. The van der Waals surface area contributed by atoms with Gasteiger partial charge in [0.1, 0.15) is 10.5 Å². The van der Waals surface area contributed by atoms with Crippen molar-refractivity contribution >= 4 is 33.2 Å². The van der Waals surface area contributed by atoms with E-state index in [1.54, 1.807) is 11.0 Å². The van der Waals surface area contributed by atoms with Gasteiger partial charge in [-0.05, 0) is 37.0 Å². The van der Waals surface area contributed by atoms with Crippen LogP contribution in [0.15, 0.2) is 53.7 Å². The highest BCUT2D eigenvalue weighted by molar-refractivity contribution is 7.22. The first kappa shape index (κ1) is 20.4. The zero-order valence-corrected chi connectivity index (χ0v) is 18.4. The van der Waals surface area contributed by atoms with Crippen LogP contribution in [0.4, 0.5) is 0 Å². The predicted molar refractivity (Wildman–Crippen MR) is 124 cm³/mol. The summed E-state index contributed by atoms with van der Waals surface area (Å²) in [5.74, 6) is -0.342. The van der Waals surface area contributed by atoms with Gasteiger partial charge in [0, 0.05) is 29.7 Å². The second kappa shape index (κ2) is 8.20. The van der Waals surface area contributed by atoms with Crippen LogP contribution in [0.3, 0.4) is 0 Å². The van der Waals surface area contributed by atoms with Crippen molar-refractivity contribution in [2.45, 2.75) is 26.3 Å². The normalized spacial score (nSPS) is 13.7. The van der Waals surface area contributed by atoms with Crippen LogP contribution in [0, 0.1) is 6.92 Å². The lowest BCUT2D eigenvalue weighted by Crippen LogP contribution is -2.27. The summed E-state index contributed by atoms with van der Waals surface area (Å²) in [5.41, 5.74) is 2.46. The van der Waals surface area contributed by atoms with Crippen LogP contribution in [0.5, 0.6) is 0 Å². The first-order valence-corrected chi connectivity index (χ1v) is 11.4. The van der Waals surface area contributed by atoms with E-state index in [0.29, 0.717) is 21.5 Å². The minimum atomic E-state index is -0.249. The van der Waals surface area contributed by atoms with Crippen molar-refractivity contribution in [3.05, 3.63) is 76.1 Å². The summed E-state index contributed by atoms with van der Waals surface area (Å²) in [7, 11) is 0. The summed E-state index contributed by atoms with van der Waals surface area (Å²) in [6, 6.07) is 11.5. The molecule has 0 unspecified atom stereocenters. The molecule has 3 aromatic heterocycles. The van der Waals surface area contributed by atoms with Crippen LogP contribution in [0.1, 0.15) is 39.3 Å². The molecular weight excluding hydrogens is 424 g/mol. The van der Waals surface area contributed by atoms with E-state index in [1.807, 2.05) is 37.3 Å². The molecule has 0 aliphatic carbocycles. The topological polar surface area (TPSA) is 88.1 Å². The maximum Gasteiger partial charge on any atom is 0.270 e. The summed E-state index contributed by atoms with van der Waals surface area (Å²) in [4.78, 5) is 49.3. The number of ketones is 1. The average Bonchev–Trinajstić information content (AvgIpc) is 3.56. The molecule has 0 bridgehead atoms. The number of fused-ring (bicyclic) bond motifs is 1. The molecule has 1 fully saturated rings. The number of benzene rings is 1. The predicted octanol–water partition coefficient (Wildman–Crippen LogP) is 3.88. The van der Waals surface area contributed by atoms with E-state index < -0.39 is 0 Å². The molecule has 0 atom stereocenters. The fourth-order valence-corrected chi connectivity index (χ4v) is 5.30. The van der Waals surface area contributed by atoms with Gasteiger partial charge in [0.05, 0.1) is 18.3 Å². The molecule has 0 spiro atoms. The molecule has 7 nitrogen and oxygen atoms in total. The average molecular weight is 447 g/mol. The van der Waals surface area contributed by atoms with E-state index in [9.17, 15) is 14.4 Å². The Morgan fingerprint density at radius 2 is 1.91 bits per heavy atom. The molecular formula is C24H22N4O3S. The van der Waals surface area contributed by atoms with Gasteiger partial charge in [-0.1, -0.05) is 30.3 Å². The number of hydrogen-bond donors (Lipinski definition) is 1. The summed E-state index contributed by atoms with van der Waals surface area (Å²) in [6.45, 7) is 3.27. The highest BCUT2D eigenvalue weighted by Gasteiger charge is 2.22. The SMILES string of the molecule is Cc1c(-c2ccccc2)sc2ncn(CC(=O)c3c[nH]c(C(=O)N4CCCC4)c3)c(=O)c12. The minimum absolute atomic E-state index is 0.0934. The number of amides is 1. The Labute approximate surface area is 188 Å². The van der Waals surface area contributed by atoms with Gasteiger partial charge >= 0.3 is 0 Å². The third-order valence-corrected chi connectivity index (χ3v) is 7.14. The smallest absolute Gasteiger partial charge is 0.270 e. The molecule has 1 aromatic carbocycles. The standard InChI is InChI=1S/C24H22N4O3S/c1-15-20-22(32-21(15)16-7-3-2-4-8-16)26-14-28(24(20)31)13-19(29)17-11-18(25-12-17)23(30)27-9-5-6-10-27/h2-4,7-8,11-12,14,25H,5-6,9-10,13H2,1H3. The number of aryl methyl sites for hydroxylation is 1. The van der Waals surface area contributed by atoms with Crippen LogP contribution >= 0.6 is 11.3 Å². The third kappa shape index (κ3) is 3.56. The maximum absolute atomic E-state index is 13.2. The Kier molecular flexibility index (Phi) is 5.22. The Morgan fingerprint density at radius 1 is 1.16 bits per heavy atom. The number of carbonyl (C=O) groups is 2. The number of hydrogen-bond acceptors (Lipinski definition) is 5. The van der Waals surface area contributed by atoms with Crippen LogP contribution in [0.25, 0.3) is 20.7 Å². The van der Waals surface area contributed by atoms with Crippen molar-refractivity contribution in [3.63, 3.8) is 0 Å². The molecule has 162 valence electrons. The van der Waals surface area contributed by atoms with Crippen LogP contribution in [-0.4, -0.2) is 44.2 Å². The Morgan fingerprint density at radius 3 is 2.66 bits per heavy atom. The van der Waals surface area contributed by atoms with Crippen LogP contribution < -0.4 is 5.56 Å². The Bertz CT molecular complexity index is 1380. The van der Waals surface area contributed by atoms with Gasteiger partial charge in [-0.15, -0.1) is 11.3 Å². The number of aromatic nitrogens is 3. The van der Waals surface area contributed by atoms with Crippen LogP contribution in [0.2, 0.25) is 0 Å². The zero-order chi connectivity index (χ0) is 22.2. The highest BCUT2D eigenvalue weighted by atomic mass is 32.1. The number of nitrogens with zero attached hydrogens (tertiary/aromatic N) is 3. The van der Waals surface area contributed by atoms with E-state index in [4.69, 9.17) is 0 Å². The third-order valence-electron chi connectivity index (χ3n) is 5.90. The molecule has 4 heterocycles. The molecule has 0 radical (unpaired) electrons.